The first-order valence-electron chi connectivity index (χ1n) is 8.49. The van der Waals surface area contributed by atoms with Gasteiger partial charge in [-0.15, -0.1) is 17.4 Å². The van der Waals surface area contributed by atoms with Crippen LogP contribution < -0.4 is 0 Å². The third kappa shape index (κ3) is 13.0. The molecule has 0 aromatic carbocycles. The summed E-state index contributed by atoms with van der Waals surface area (Å²) in [6.45, 7) is 5.33. The summed E-state index contributed by atoms with van der Waals surface area (Å²) in [4.78, 5) is 31.7. The minimum absolute atomic E-state index is 0.0159. The van der Waals surface area contributed by atoms with Crippen molar-refractivity contribution in [2.75, 3.05) is 0 Å². The minimum atomic E-state index is -0.827. The number of aryl methyl sites for hydroxylation is 1. The predicted octanol–water partition coefficient (Wildman–Crippen LogP) is 2.11. The largest absolute Gasteiger partial charge is 0.481 e. The van der Waals surface area contributed by atoms with Gasteiger partial charge < -0.3 is 14.9 Å². The van der Waals surface area contributed by atoms with Crippen LogP contribution in [-0.4, -0.2) is 43.1 Å². The van der Waals surface area contributed by atoms with Crippen molar-refractivity contribution in [2.24, 2.45) is 5.41 Å². The molecule has 9 nitrogen and oxygen atoms in total. The molecule has 0 aliphatic carbocycles. The van der Waals surface area contributed by atoms with E-state index in [1.54, 1.807) is 27.0 Å². The van der Waals surface area contributed by atoms with Gasteiger partial charge in [-0.05, 0) is 40.0 Å². The van der Waals surface area contributed by atoms with Gasteiger partial charge in [0.05, 0.1) is 17.3 Å². The van der Waals surface area contributed by atoms with Crippen LogP contribution in [0, 0.1) is 17.8 Å². The molecule has 0 radical (unpaired) electrons. The van der Waals surface area contributed by atoms with Crippen LogP contribution in [0.2, 0.25) is 0 Å². The van der Waals surface area contributed by atoms with Crippen molar-refractivity contribution in [1.82, 2.24) is 15.0 Å². The number of aliphatic carboxylic acids is 2. The lowest BCUT2D eigenvalue weighted by atomic mass is 9.98. The van der Waals surface area contributed by atoms with E-state index >= 15 is 0 Å². The fourth-order valence-corrected chi connectivity index (χ4v) is 1.62. The molecule has 0 saturated heterocycles. The lowest BCUT2D eigenvalue weighted by Gasteiger charge is -2.15. The van der Waals surface area contributed by atoms with Gasteiger partial charge >= 0.3 is 17.9 Å². The number of aromatic nitrogens is 3. The molecule has 1 rings (SSSR count). The molecule has 1 heterocycles. The van der Waals surface area contributed by atoms with Gasteiger partial charge in [0.15, 0.2) is 6.73 Å². The van der Waals surface area contributed by atoms with Gasteiger partial charge in [-0.25, -0.2) is 4.68 Å². The quantitative estimate of drug-likeness (QED) is 0.378. The zero-order chi connectivity index (χ0) is 20.9. The molecular weight excluding hydrogens is 354 g/mol. The van der Waals surface area contributed by atoms with Crippen molar-refractivity contribution in [1.29, 1.82) is 0 Å². The Morgan fingerprint density at radius 3 is 2.30 bits per heavy atom. The topological polar surface area (TPSA) is 132 Å². The highest BCUT2D eigenvalue weighted by molar-refractivity contribution is 5.75. The molecule has 0 unspecified atom stereocenters. The molecule has 0 spiro atoms. The molecule has 9 heteroatoms. The average Bonchev–Trinajstić information content (AvgIpc) is 2.99. The average molecular weight is 381 g/mol. The van der Waals surface area contributed by atoms with Crippen LogP contribution in [0.25, 0.3) is 0 Å². The first kappa shape index (κ1) is 24.1. The maximum absolute atomic E-state index is 11.5. The Labute approximate surface area is 158 Å². The van der Waals surface area contributed by atoms with Crippen molar-refractivity contribution < 1.29 is 29.3 Å². The Bertz CT molecular complexity index is 655. The first-order valence-corrected chi connectivity index (χ1v) is 8.49. The van der Waals surface area contributed by atoms with E-state index in [2.05, 4.69) is 16.2 Å². The second kappa shape index (κ2) is 12.5. The summed E-state index contributed by atoms with van der Waals surface area (Å²) >= 11 is 0. The summed E-state index contributed by atoms with van der Waals surface area (Å²) in [5, 5.41) is 24.3. The van der Waals surface area contributed by atoms with E-state index in [-0.39, 0.29) is 25.5 Å². The van der Waals surface area contributed by atoms with E-state index in [1.165, 1.54) is 4.68 Å². The number of hydrogen-bond acceptors (Lipinski definition) is 6. The standard InChI is InChI=1S/C12H19N3O4.C6H8O2/c1-12(2,3)11(18)19-8-15-7-9(13-14-15)5-4-6-10(16)17;1-2-3-4-5-6(7)8/h7H,4-6,8H2,1-3H3,(H,16,17);1H,3-5H2,(H,7,8). The Kier molecular flexibility index (Phi) is 11.1. The summed E-state index contributed by atoms with van der Waals surface area (Å²) < 4.78 is 6.49. The molecule has 0 aliphatic rings. The summed E-state index contributed by atoms with van der Waals surface area (Å²) in [6.07, 6.45) is 9.01. The Balaban J connectivity index is 0.000000713. The number of carboxylic acids is 2. The SMILES string of the molecule is C#CCCCC(=O)O.CC(C)(C)C(=O)OCn1cc(CCCC(=O)O)nn1. The highest BCUT2D eigenvalue weighted by atomic mass is 16.5. The number of carboxylic acid groups (broad SMARTS) is 2. The number of unbranched alkanes of at least 4 members (excludes halogenated alkanes) is 1. The van der Waals surface area contributed by atoms with E-state index in [0.717, 1.165) is 0 Å². The molecule has 0 amide bonds. The van der Waals surface area contributed by atoms with Crippen molar-refractivity contribution in [2.45, 2.75) is 66.0 Å². The van der Waals surface area contributed by atoms with Crippen LogP contribution in [0.5, 0.6) is 0 Å². The van der Waals surface area contributed by atoms with E-state index in [0.29, 0.717) is 31.4 Å². The Morgan fingerprint density at radius 2 is 1.78 bits per heavy atom. The van der Waals surface area contributed by atoms with Gasteiger partial charge in [0.25, 0.3) is 0 Å². The number of terminal acetylenes is 1. The Morgan fingerprint density at radius 1 is 1.19 bits per heavy atom. The molecule has 1 aromatic rings. The normalized spacial score (nSPS) is 10.3. The highest BCUT2D eigenvalue weighted by Crippen LogP contribution is 2.15. The second-order valence-corrected chi connectivity index (χ2v) is 6.76. The Hall–Kier alpha value is -2.89. The van der Waals surface area contributed by atoms with Crippen LogP contribution in [0.4, 0.5) is 0 Å². The molecule has 0 aliphatic heterocycles. The molecular formula is C18H27N3O6. The number of carbonyl (C=O) groups is 3. The molecule has 0 bridgehead atoms. The van der Waals surface area contributed by atoms with Crippen LogP contribution >= 0.6 is 0 Å². The van der Waals surface area contributed by atoms with Gasteiger partial charge in [0.1, 0.15) is 0 Å². The van der Waals surface area contributed by atoms with Crippen molar-refractivity contribution in [3.63, 3.8) is 0 Å². The van der Waals surface area contributed by atoms with Gasteiger partial charge in [-0.3, -0.25) is 14.4 Å². The number of esters is 1. The van der Waals surface area contributed by atoms with Crippen LogP contribution in [0.1, 0.15) is 58.6 Å². The van der Waals surface area contributed by atoms with E-state index < -0.39 is 17.4 Å². The highest BCUT2D eigenvalue weighted by Gasteiger charge is 2.23. The molecule has 1 aromatic heterocycles. The zero-order valence-electron chi connectivity index (χ0n) is 16.0. The number of ether oxygens (including phenoxy) is 1. The summed E-state index contributed by atoms with van der Waals surface area (Å²) in [5.41, 5.74) is 0.137. The molecule has 27 heavy (non-hydrogen) atoms. The van der Waals surface area contributed by atoms with Crippen molar-refractivity contribution in [3.05, 3.63) is 11.9 Å². The number of rotatable bonds is 9. The number of nitrogens with zero attached hydrogens (tertiary/aromatic N) is 3. The maximum Gasteiger partial charge on any atom is 0.313 e. The molecule has 2 N–H and O–H groups in total. The lowest BCUT2D eigenvalue weighted by molar-refractivity contribution is -0.157. The van der Waals surface area contributed by atoms with Crippen molar-refractivity contribution >= 4 is 17.9 Å². The van der Waals surface area contributed by atoms with E-state index in [4.69, 9.17) is 21.4 Å². The van der Waals surface area contributed by atoms with Crippen LogP contribution in [0.3, 0.4) is 0 Å². The summed E-state index contributed by atoms with van der Waals surface area (Å²) in [7, 11) is 0. The van der Waals surface area contributed by atoms with Gasteiger partial charge in [-0.2, -0.15) is 0 Å². The summed E-state index contributed by atoms with van der Waals surface area (Å²) in [5.74, 6) is 0.445. The third-order valence-electron chi connectivity index (χ3n) is 3.06. The maximum atomic E-state index is 11.5. The monoisotopic (exact) mass is 381 g/mol. The minimum Gasteiger partial charge on any atom is -0.481 e. The number of hydrogen-bond donors (Lipinski definition) is 2. The van der Waals surface area contributed by atoms with Gasteiger partial charge in [-0.1, -0.05) is 5.21 Å². The van der Waals surface area contributed by atoms with Gasteiger partial charge in [0.2, 0.25) is 0 Å². The van der Waals surface area contributed by atoms with Gasteiger partial charge in [0, 0.05) is 19.3 Å². The third-order valence-corrected chi connectivity index (χ3v) is 3.06. The van der Waals surface area contributed by atoms with Crippen LogP contribution in [0.15, 0.2) is 6.20 Å². The fourth-order valence-electron chi connectivity index (χ4n) is 1.62. The smallest absolute Gasteiger partial charge is 0.313 e. The van der Waals surface area contributed by atoms with E-state index in [1.807, 2.05) is 0 Å². The molecule has 150 valence electrons. The molecule has 0 fully saturated rings. The van der Waals surface area contributed by atoms with Crippen molar-refractivity contribution in [3.8, 4) is 12.3 Å². The second-order valence-electron chi connectivity index (χ2n) is 6.76. The first-order chi connectivity index (χ1) is 12.6. The predicted molar refractivity (Wildman–Crippen MR) is 96.5 cm³/mol. The summed E-state index contributed by atoms with van der Waals surface area (Å²) in [6, 6.07) is 0. The number of carbonyl (C=O) groups excluding carboxylic acids is 1. The van der Waals surface area contributed by atoms with E-state index in [9.17, 15) is 14.4 Å². The zero-order valence-corrected chi connectivity index (χ0v) is 16.0. The lowest BCUT2D eigenvalue weighted by Crippen LogP contribution is -2.24. The molecule has 0 atom stereocenters. The van der Waals surface area contributed by atoms with Crippen LogP contribution in [-0.2, 0) is 32.3 Å². The molecule has 0 saturated carbocycles. The fraction of sp³-hybridized carbons (Fsp3) is 0.611.